The van der Waals surface area contributed by atoms with Crippen LogP contribution in [-0.2, 0) is 0 Å². The van der Waals surface area contributed by atoms with Gasteiger partial charge in [-0.25, -0.2) is 4.98 Å². The maximum absolute atomic E-state index is 4.02. The van der Waals surface area contributed by atoms with Crippen molar-refractivity contribution in [1.29, 1.82) is 0 Å². The molecule has 0 bridgehead atoms. The predicted octanol–water partition coefficient (Wildman–Crippen LogP) is 1.14. The SMILES string of the molecule is c1cc(-n2ccnc2)c2nn[nH]c2c1. The largest absolute Gasteiger partial charge is 0.304 e. The van der Waals surface area contributed by atoms with Crippen molar-refractivity contribution in [2.24, 2.45) is 0 Å². The summed E-state index contributed by atoms with van der Waals surface area (Å²) in [6.45, 7) is 0. The van der Waals surface area contributed by atoms with Crippen LogP contribution < -0.4 is 0 Å². The average molecular weight is 185 g/mol. The van der Waals surface area contributed by atoms with E-state index in [-0.39, 0.29) is 0 Å². The Hall–Kier alpha value is -2.17. The van der Waals surface area contributed by atoms with Gasteiger partial charge in [0, 0.05) is 12.4 Å². The van der Waals surface area contributed by atoms with Crippen LogP contribution in [0.3, 0.4) is 0 Å². The van der Waals surface area contributed by atoms with Crippen LogP contribution in [0.4, 0.5) is 0 Å². The van der Waals surface area contributed by atoms with Gasteiger partial charge in [0.15, 0.2) is 0 Å². The van der Waals surface area contributed by atoms with Crippen LogP contribution in [0, 0.1) is 0 Å². The summed E-state index contributed by atoms with van der Waals surface area (Å²) in [5, 5.41) is 10.6. The average Bonchev–Trinajstić information content (AvgIpc) is 2.88. The fourth-order valence-electron chi connectivity index (χ4n) is 1.47. The molecule has 3 aromatic rings. The molecule has 0 fully saturated rings. The highest BCUT2D eigenvalue weighted by Gasteiger charge is 2.04. The fourth-order valence-corrected chi connectivity index (χ4v) is 1.47. The Morgan fingerprint density at radius 3 is 3.14 bits per heavy atom. The first-order valence-electron chi connectivity index (χ1n) is 4.23. The lowest BCUT2D eigenvalue weighted by atomic mass is 10.2. The molecular weight excluding hydrogens is 178 g/mol. The monoisotopic (exact) mass is 185 g/mol. The normalized spacial score (nSPS) is 10.9. The Bertz CT molecular complexity index is 551. The van der Waals surface area contributed by atoms with Crippen LogP contribution in [0.1, 0.15) is 0 Å². The van der Waals surface area contributed by atoms with Gasteiger partial charge < -0.3 is 4.57 Å². The van der Waals surface area contributed by atoms with Crippen molar-refractivity contribution in [3.05, 3.63) is 36.9 Å². The zero-order valence-electron chi connectivity index (χ0n) is 7.25. The Morgan fingerprint density at radius 2 is 2.29 bits per heavy atom. The maximum atomic E-state index is 4.02. The Balaban J connectivity index is 2.36. The van der Waals surface area contributed by atoms with Crippen LogP contribution in [0.5, 0.6) is 0 Å². The van der Waals surface area contributed by atoms with Gasteiger partial charge in [0.1, 0.15) is 5.52 Å². The summed E-state index contributed by atoms with van der Waals surface area (Å²) in [4.78, 5) is 3.99. The molecule has 0 radical (unpaired) electrons. The molecule has 1 aromatic carbocycles. The minimum atomic E-state index is 0.852. The fraction of sp³-hybridized carbons (Fsp3) is 0. The molecule has 0 amide bonds. The van der Waals surface area contributed by atoms with E-state index in [9.17, 15) is 0 Å². The molecule has 0 saturated carbocycles. The van der Waals surface area contributed by atoms with Gasteiger partial charge in [-0.1, -0.05) is 11.3 Å². The first kappa shape index (κ1) is 7.25. The van der Waals surface area contributed by atoms with Crippen LogP contribution in [0.25, 0.3) is 16.7 Å². The molecule has 3 rings (SSSR count). The topological polar surface area (TPSA) is 59.4 Å². The number of rotatable bonds is 1. The second kappa shape index (κ2) is 2.66. The molecule has 5 heteroatoms. The van der Waals surface area contributed by atoms with Crippen molar-refractivity contribution >= 4 is 11.0 Å². The molecule has 5 nitrogen and oxygen atoms in total. The van der Waals surface area contributed by atoms with E-state index in [0.717, 1.165) is 16.7 Å². The number of hydrogen-bond donors (Lipinski definition) is 1. The molecular formula is C9H7N5. The highest BCUT2D eigenvalue weighted by molar-refractivity contribution is 5.82. The van der Waals surface area contributed by atoms with E-state index >= 15 is 0 Å². The molecule has 0 aliphatic heterocycles. The number of nitrogens with zero attached hydrogens (tertiary/aromatic N) is 4. The molecule has 2 heterocycles. The number of hydrogen-bond acceptors (Lipinski definition) is 3. The summed E-state index contributed by atoms with van der Waals surface area (Å²) in [5.41, 5.74) is 2.76. The minimum Gasteiger partial charge on any atom is -0.304 e. The number of aromatic nitrogens is 5. The maximum Gasteiger partial charge on any atom is 0.136 e. The second-order valence-corrected chi connectivity index (χ2v) is 2.96. The summed E-state index contributed by atoms with van der Waals surface area (Å²) in [7, 11) is 0. The van der Waals surface area contributed by atoms with Crippen molar-refractivity contribution in [3.8, 4) is 5.69 Å². The van der Waals surface area contributed by atoms with Gasteiger partial charge in [0.05, 0.1) is 17.5 Å². The standard InChI is InChI=1S/C9H7N5/c1-2-7-9(12-13-11-7)8(3-1)14-5-4-10-6-14/h1-6H,(H,11,12,13). The molecule has 1 N–H and O–H groups in total. The van der Waals surface area contributed by atoms with Crippen LogP contribution in [0.15, 0.2) is 36.9 Å². The number of benzene rings is 1. The Morgan fingerprint density at radius 1 is 1.29 bits per heavy atom. The Kier molecular flexibility index (Phi) is 1.38. The highest BCUT2D eigenvalue weighted by Crippen LogP contribution is 2.17. The minimum absolute atomic E-state index is 0.852. The van der Waals surface area contributed by atoms with E-state index in [4.69, 9.17) is 0 Å². The number of H-pyrrole nitrogens is 1. The molecule has 2 aromatic heterocycles. The summed E-state index contributed by atoms with van der Waals surface area (Å²) < 4.78 is 1.91. The van der Waals surface area contributed by atoms with Gasteiger partial charge in [-0.2, -0.15) is 0 Å². The predicted molar refractivity (Wildman–Crippen MR) is 51.0 cm³/mol. The lowest BCUT2D eigenvalue weighted by Crippen LogP contribution is -1.90. The van der Waals surface area contributed by atoms with Crippen molar-refractivity contribution in [3.63, 3.8) is 0 Å². The molecule has 0 saturated heterocycles. The van der Waals surface area contributed by atoms with Crippen molar-refractivity contribution in [2.45, 2.75) is 0 Å². The first-order chi connectivity index (χ1) is 6.95. The smallest absolute Gasteiger partial charge is 0.136 e. The molecule has 0 unspecified atom stereocenters. The van der Waals surface area contributed by atoms with Gasteiger partial charge in [0.2, 0.25) is 0 Å². The third-order valence-electron chi connectivity index (χ3n) is 2.12. The highest BCUT2D eigenvalue weighted by atomic mass is 15.3. The zero-order valence-corrected chi connectivity index (χ0v) is 7.25. The molecule has 14 heavy (non-hydrogen) atoms. The Labute approximate surface area is 79.4 Å². The number of nitrogens with one attached hydrogen (secondary N) is 1. The van der Waals surface area contributed by atoms with E-state index < -0.39 is 0 Å². The molecule has 0 spiro atoms. The van der Waals surface area contributed by atoms with Gasteiger partial charge in [-0.3, -0.25) is 5.10 Å². The number of imidazole rings is 1. The molecule has 68 valence electrons. The van der Waals surface area contributed by atoms with Crippen LogP contribution in [0.2, 0.25) is 0 Å². The van der Waals surface area contributed by atoms with Gasteiger partial charge in [-0.05, 0) is 12.1 Å². The van der Waals surface area contributed by atoms with E-state index in [0.29, 0.717) is 0 Å². The van der Waals surface area contributed by atoms with E-state index in [1.807, 2.05) is 29.0 Å². The van der Waals surface area contributed by atoms with E-state index in [1.165, 1.54) is 0 Å². The van der Waals surface area contributed by atoms with Crippen molar-refractivity contribution in [2.75, 3.05) is 0 Å². The number of fused-ring (bicyclic) bond motifs is 1. The second-order valence-electron chi connectivity index (χ2n) is 2.96. The summed E-state index contributed by atoms with van der Waals surface area (Å²) in [5.74, 6) is 0. The summed E-state index contributed by atoms with van der Waals surface area (Å²) >= 11 is 0. The quantitative estimate of drug-likeness (QED) is 0.618. The van der Waals surface area contributed by atoms with Crippen LogP contribution in [-0.4, -0.2) is 25.0 Å². The van der Waals surface area contributed by atoms with E-state index in [1.54, 1.807) is 12.5 Å². The molecule has 0 atom stereocenters. The van der Waals surface area contributed by atoms with E-state index in [2.05, 4.69) is 20.4 Å². The van der Waals surface area contributed by atoms with Gasteiger partial charge in [0.25, 0.3) is 0 Å². The first-order valence-corrected chi connectivity index (χ1v) is 4.23. The van der Waals surface area contributed by atoms with Gasteiger partial charge >= 0.3 is 0 Å². The zero-order chi connectivity index (χ0) is 9.38. The van der Waals surface area contributed by atoms with Crippen molar-refractivity contribution in [1.82, 2.24) is 25.0 Å². The summed E-state index contributed by atoms with van der Waals surface area (Å²) in [6, 6.07) is 5.87. The van der Waals surface area contributed by atoms with Crippen molar-refractivity contribution < 1.29 is 0 Å². The lowest BCUT2D eigenvalue weighted by Gasteiger charge is -2.00. The van der Waals surface area contributed by atoms with Gasteiger partial charge in [-0.15, -0.1) is 5.10 Å². The number of aromatic amines is 1. The van der Waals surface area contributed by atoms with Crippen LogP contribution >= 0.6 is 0 Å². The molecule has 0 aliphatic rings. The molecule has 0 aliphatic carbocycles. The lowest BCUT2D eigenvalue weighted by molar-refractivity contribution is 0.955. The third-order valence-corrected chi connectivity index (χ3v) is 2.12. The summed E-state index contributed by atoms with van der Waals surface area (Å²) in [6.07, 6.45) is 5.35. The third kappa shape index (κ3) is 0.922.